The molecule has 1 heterocycles. The van der Waals surface area contributed by atoms with Crippen LogP contribution in [0.2, 0.25) is 0 Å². The zero-order chi connectivity index (χ0) is 8.82. The van der Waals surface area contributed by atoms with Crippen LogP contribution in [0.1, 0.15) is 19.3 Å². The molecule has 0 aromatic heterocycles. The van der Waals surface area contributed by atoms with E-state index in [-0.39, 0.29) is 6.54 Å². The number of carboxylic acid groups (broad SMARTS) is 1. The number of hydrogen-bond acceptors (Lipinski definition) is 2. The number of carboxylic acids is 1. The summed E-state index contributed by atoms with van der Waals surface area (Å²) < 4.78 is 13.9. The molecule has 68 valence electrons. The first-order valence-electron chi connectivity index (χ1n) is 4.24. The lowest BCUT2D eigenvalue weighted by Crippen LogP contribution is -2.53. The van der Waals surface area contributed by atoms with Crippen molar-refractivity contribution in [3.63, 3.8) is 0 Å². The maximum absolute atomic E-state index is 13.9. The van der Waals surface area contributed by atoms with Gasteiger partial charge in [0.1, 0.15) is 0 Å². The zero-order valence-electron chi connectivity index (χ0n) is 6.77. The molecule has 1 saturated heterocycles. The number of alkyl halides is 1. The number of nitrogens with one attached hydrogen (secondary N) is 1. The van der Waals surface area contributed by atoms with Crippen LogP contribution in [0.5, 0.6) is 0 Å². The van der Waals surface area contributed by atoms with Crippen molar-refractivity contribution in [3.05, 3.63) is 0 Å². The Hall–Kier alpha value is -0.640. The van der Waals surface area contributed by atoms with Crippen LogP contribution < -0.4 is 5.32 Å². The van der Waals surface area contributed by atoms with Crippen molar-refractivity contribution in [1.29, 1.82) is 0 Å². The normalized spacial score (nSPS) is 38.1. The van der Waals surface area contributed by atoms with Crippen LogP contribution in [-0.4, -0.2) is 29.8 Å². The molecule has 1 unspecified atom stereocenters. The van der Waals surface area contributed by atoms with Crippen LogP contribution in [0.3, 0.4) is 0 Å². The molecule has 1 spiro atoms. The summed E-state index contributed by atoms with van der Waals surface area (Å²) in [6, 6.07) is 0. The van der Waals surface area contributed by atoms with Gasteiger partial charge in [-0.25, -0.2) is 9.18 Å². The Labute approximate surface area is 70.0 Å². The minimum Gasteiger partial charge on any atom is -0.479 e. The van der Waals surface area contributed by atoms with Gasteiger partial charge in [0, 0.05) is 18.5 Å². The molecule has 2 aliphatic rings. The fourth-order valence-electron chi connectivity index (χ4n) is 2.28. The van der Waals surface area contributed by atoms with Crippen molar-refractivity contribution < 1.29 is 14.3 Å². The van der Waals surface area contributed by atoms with Crippen molar-refractivity contribution in [2.45, 2.75) is 24.9 Å². The van der Waals surface area contributed by atoms with Crippen molar-refractivity contribution >= 4 is 5.97 Å². The van der Waals surface area contributed by atoms with Crippen LogP contribution in [-0.2, 0) is 4.79 Å². The first-order valence-corrected chi connectivity index (χ1v) is 4.24. The van der Waals surface area contributed by atoms with E-state index in [4.69, 9.17) is 5.11 Å². The molecule has 1 atom stereocenters. The lowest BCUT2D eigenvalue weighted by atomic mass is 9.61. The van der Waals surface area contributed by atoms with Gasteiger partial charge in [-0.15, -0.1) is 0 Å². The van der Waals surface area contributed by atoms with Gasteiger partial charge in [0.15, 0.2) is 0 Å². The van der Waals surface area contributed by atoms with Gasteiger partial charge in [0.2, 0.25) is 5.67 Å². The quantitative estimate of drug-likeness (QED) is 0.609. The van der Waals surface area contributed by atoms with Gasteiger partial charge < -0.3 is 10.4 Å². The molecule has 0 amide bonds. The molecule has 3 nitrogen and oxygen atoms in total. The highest BCUT2D eigenvalue weighted by molar-refractivity contribution is 5.80. The van der Waals surface area contributed by atoms with E-state index in [1.165, 1.54) is 0 Å². The second-order valence-electron chi connectivity index (χ2n) is 3.84. The van der Waals surface area contributed by atoms with E-state index in [2.05, 4.69) is 5.32 Å². The van der Waals surface area contributed by atoms with Crippen LogP contribution >= 0.6 is 0 Å². The third kappa shape index (κ3) is 0.710. The molecule has 0 aromatic rings. The summed E-state index contributed by atoms with van der Waals surface area (Å²) in [6.45, 7) is 0.498. The van der Waals surface area contributed by atoms with Gasteiger partial charge >= 0.3 is 5.97 Å². The topological polar surface area (TPSA) is 49.3 Å². The summed E-state index contributed by atoms with van der Waals surface area (Å²) in [4.78, 5) is 10.7. The summed E-state index contributed by atoms with van der Waals surface area (Å²) in [6.07, 6.45) is 2.38. The van der Waals surface area contributed by atoms with E-state index in [0.717, 1.165) is 6.42 Å². The summed E-state index contributed by atoms with van der Waals surface area (Å²) in [5, 5.41) is 11.6. The highest BCUT2D eigenvalue weighted by Gasteiger charge is 2.63. The predicted octanol–water partition coefficient (Wildman–Crippen LogP) is 0.553. The van der Waals surface area contributed by atoms with Crippen LogP contribution in [0.25, 0.3) is 0 Å². The maximum atomic E-state index is 13.9. The van der Waals surface area contributed by atoms with Crippen LogP contribution in [0.4, 0.5) is 4.39 Å². The Balaban J connectivity index is 2.29. The molecule has 1 aliphatic heterocycles. The zero-order valence-corrected chi connectivity index (χ0v) is 6.77. The highest BCUT2D eigenvalue weighted by atomic mass is 19.1. The molecule has 4 heteroatoms. The lowest BCUT2D eigenvalue weighted by molar-refractivity contribution is -0.162. The Morgan fingerprint density at radius 3 is 2.42 bits per heavy atom. The molecule has 1 aliphatic carbocycles. The van der Waals surface area contributed by atoms with Crippen LogP contribution in [0.15, 0.2) is 0 Å². The van der Waals surface area contributed by atoms with Gasteiger partial charge in [-0.3, -0.25) is 0 Å². The molecule has 2 fully saturated rings. The number of hydrogen-bond donors (Lipinski definition) is 2. The Bertz CT molecular complexity index is 227. The molecule has 0 aromatic carbocycles. The molecule has 0 radical (unpaired) electrons. The number of aliphatic carboxylic acids is 1. The molecule has 2 N–H and O–H groups in total. The van der Waals surface area contributed by atoms with E-state index in [0.29, 0.717) is 19.4 Å². The average Bonchev–Trinajstić information content (AvgIpc) is 2.26. The molecule has 1 saturated carbocycles. The van der Waals surface area contributed by atoms with Gasteiger partial charge in [0.05, 0.1) is 0 Å². The molecule has 0 bridgehead atoms. The molecule has 2 rings (SSSR count). The molecule has 12 heavy (non-hydrogen) atoms. The van der Waals surface area contributed by atoms with Crippen molar-refractivity contribution in [1.82, 2.24) is 5.32 Å². The van der Waals surface area contributed by atoms with Crippen LogP contribution in [0, 0.1) is 5.41 Å². The standard InChI is InChI=1S/C8H12FNO2/c9-8(6(11)12)5-10-4-7(8)2-1-3-7/h10H,1-5H2,(H,11,12). The smallest absolute Gasteiger partial charge is 0.343 e. The predicted molar refractivity (Wildman–Crippen MR) is 40.6 cm³/mol. The Morgan fingerprint density at radius 2 is 2.08 bits per heavy atom. The van der Waals surface area contributed by atoms with E-state index in [9.17, 15) is 9.18 Å². The lowest BCUT2D eigenvalue weighted by Gasteiger charge is -2.43. The van der Waals surface area contributed by atoms with Gasteiger partial charge in [-0.05, 0) is 12.8 Å². The first kappa shape index (κ1) is 7.98. The van der Waals surface area contributed by atoms with Crippen molar-refractivity contribution in [3.8, 4) is 0 Å². The SMILES string of the molecule is O=C(O)C1(F)CNCC12CCC2. The van der Waals surface area contributed by atoms with Gasteiger partial charge in [-0.1, -0.05) is 6.42 Å². The van der Waals surface area contributed by atoms with Crippen molar-refractivity contribution in [2.24, 2.45) is 5.41 Å². The number of rotatable bonds is 1. The second-order valence-corrected chi connectivity index (χ2v) is 3.84. The van der Waals surface area contributed by atoms with Gasteiger partial charge in [0.25, 0.3) is 0 Å². The first-order chi connectivity index (χ1) is 5.61. The monoisotopic (exact) mass is 173 g/mol. The molecular formula is C8H12FNO2. The van der Waals surface area contributed by atoms with E-state index < -0.39 is 17.1 Å². The summed E-state index contributed by atoms with van der Waals surface area (Å²) in [5.74, 6) is -1.30. The Kier molecular flexibility index (Phi) is 1.46. The summed E-state index contributed by atoms with van der Waals surface area (Å²) >= 11 is 0. The third-order valence-corrected chi connectivity index (χ3v) is 3.32. The van der Waals surface area contributed by atoms with Crippen molar-refractivity contribution in [2.75, 3.05) is 13.1 Å². The second kappa shape index (κ2) is 2.19. The van der Waals surface area contributed by atoms with E-state index >= 15 is 0 Å². The number of carbonyl (C=O) groups is 1. The van der Waals surface area contributed by atoms with E-state index in [1.807, 2.05) is 0 Å². The third-order valence-electron chi connectivity index (χ3n) is 3.32. The Morgan fingerprint density at radius 1 is 1.42 bits per heavy atom. The van der Waals surface area contributed by atoms with Gasteiger partial charge in [-0.2, -0.15) is 0 Å². The number of halogens is 1. The summed E-state index contributed by atoms with van der Waals surface area (Å²) in [7, 11) is 0. The largest absolute Gasteiger partial charge is 0.479 e. The maximum Gasteiger partial charge on any atom is 0.343 e. The van der Waals surface area contributed by atoms with E-state index in [1.54, 1.807) is 0 Å². The fraction of sp³-hybridized carbons (Fsp3) is 0.875. The summed E-state index contributed by atoms with van der Waals surface area (Å²) in [5.41, 5.74) is -2.59. The average molecular weight is 173 g/mol. The highest BCUT2D eigenvalue weighted by Crippen LogP contribution is 2.53. The minimum atomic E-state index is -2.01. The fourth-order valence-corrected chi connectivity index (χ4v) is 2.28. The minimum absolute atomic E-state index is 0.0255. The molecular weight excluding hydrogens is 161 g/mol.